The summed E-state index contributed by atoms with van der Waals surface area (Å²) in [5.41, 5.74) is 1.10. The molecule has 6 heteroatoms. The van der Waals surface area contributed by atoms with Gasteiger partial charge in [-0.15, -0.1) is 22.7 Å². The molecule has 0 saturated carbocycles. The summed E-state index contributed by atoms with van der Waals surface area (Å²) in [5.74, 6) is 0. The zero-order valence-corrected chi connectivity index (χ0v) is 14.3. The van der Waals surface area contributed by atoms with E-state index in [1.807, 2.05) is 6.92 Å². The molecule has 0 amide bonds. The Morgan fingerprint density at radius 2 is 2.24 bits per heavy atom. The fourth-order valence-electron chi connectivity index (χ4n) is 1.39. The summed E-state index contributed by atoms with van der Waals surface area (Å²) in [5, 5.41) is 6.73. The fraction of sp³-hybridized carbons (Fsp3) is 0.364. The Balaban J connectivity index is 1.94. The largest absolute Gasteiger partial charge is 0.303 e. The molecule has 0 aliphatic heterocycles. The first-order valence-corrected chi connectivity index (χ1v) is 8.43. The van der Waals surface area contributed by atoms with Crippen molar-refractivity contribution in [3.8, 4) is 0 Å². The van der Waals surface area contributed by atoms with Gasteiger partial charge in [-0.2, -0.15) is 0 Å². The van der Waals surface area contributed by atoms with Gasteiger partial charge in [-0.25, -0.2) is 4.98 Å². The SMILES string of the molecule is Cc1csc(C(C)NCc2cc(Br)c(Br)s2)n1. The summed E-state index contributed by atoms with van der Waals surface area (Å²) in [4.78, 5) is 5.80. The molecule has 17 heavy (non-hydrogen) atoms. The van der Waals surface area contributed by atoms with Crippen LogP contribution < -0.4 is 5.32 Å². The van der Waals surface area contributed by atoms with E-state index < -0.39 is 0 Å². The average molecular weight is 396 g/mol. The Morgan fingerprint density at radius 3 is 2.76 bits per heavy atom. The minimum absolute atomic E-state index is 0.299. The van der Waals surface area contributed by atoms with Gasteiger partial charge in [-0.05, 0) is 51.8 Å². The second-order valence-corrected chi connectivity index (χ2v) is 7.96. The lowest BCUT2D eigenvalue weighted by atomic mass is 10.3. The zero-order valence-electron chi connectivity index (χ0n) is 9.46. The number of halogens is 2. The molecule has 0 aliphatic rings. The molecule has 1 atom stereocenters. The zero-order chi connectivity index (χ0) is 12.4. The van der Waals surface area contributed by atoms with Gasteiger partial charge >= 0.3 is 0 Å². The topological polar surface area (TPSA) is 24.9 Å². The van der Waals surface area contributed by atoms with E-state index in [2.05, 4.69) is 60.5 Å². The van der Waals surface area contributed by atoms with Gasteiger partial charge in [-0.3, -0.25) is 0 Å². The van der Waals surface area contributed by atoms with Crippen LogP contribution in [0.3, 0.4) is 0 Å². The smallest absolute Gasteiger partial charge is 0.110 e. The van der Waals surface area contributed by atoms with Crippen molar-refractivity contribution in [2.24, 2.45) is 0 Å². The van der Waals surface area contributed by atoms with Crippen LogP contribution in [0.4, 0.5) is 0 Å². The average Bonchev–Trinajstić information content (AvgIpc) is 2.83. The first-order valence-electron chi connectivity index (χ1n) is 5.15. The van der Waals surface area contributed by atoms with Gasteiger partial charge in [0.2, 0.25) is 0 Å². The molecule has 1 N–H and O–H groups in total. The number of hydrogen-bond acceptors (Lipinski definition) is 4. The third-order valence-corrected chi connectivity index (χ3v) is 6.69. The normalized spacial score (nSPS) is 12.9. The van der Waals surface area contributed by atoms with Crippen LogP contribution in [0.15, 0.2) is 19.7 Å². The predicted octanol–water partition coefficient (Wildman–Crippen LogP) is 4.89. The maximum absolute atomic E-state index is 4.49. The fourth-order valence-corrected chi connectivity index (χ4v) is 4.35. The standard InChI is InChI=1S/C11H12Br2N2S2/c1-6-5-16-11(15-6)7(2)14-4-8-3-9(12)10(13)17-8/h3,5,7,14H,4H2,1-2H3. The Kier molecular flexibility index (Phi) is 4.77. The Morgan fingerprint density at radius 1 is 1.47 bits per heavy atom. The van der Waals surface area contributed by atoms with Crippen LogP contribution in [0.25, 0.3) is 0 Å². The molecule has 0 aliphatic carbocycles. The number of nitrogens with zero attached hydrogens (tertiary/aromatic N) is 1. The molecule has 0 aromatic carbocycles. The summed E-state index contributed by atoms with van der Waals surface area (Å²) < 4.78 is 2.27. The molecule has 2 rings (SSSR count). The highest BCUT2D eigenvalue weighted by Gasteiger charge is 2.10. The van der Waals surface area contributed by atoms with E-state index in [0.717, 1.165) is 25.5 Å². The van der Waals surface area contributed by atoms with Crippen molar-refractivity contribution in [2.75, 3.05) is 0 Å². The Bertz CT molecular complexity index is 488. The molecule has 1 unspecified atom stereocenters. The summed E-state index contributed by atoms with van der Waals surface area (Å²) >= 11 is 10.5. The van der Waals surface area contributed by atoms with Crippen molar-refractivity contribution in [1.82, 2.24) is 10.3 Å². The number of thiophene rings is 1. The lowest BCUT2D eigenvalue weighted by molar-refractivity contribution is 0.575. The lowest BCUT2D eigenvalue weighted by Crippen LogP contribution is -2.17. The maximum Gasteiger partial charge on any atom is 0.110 e. The van der Waals surface area contributed by atoms with Gasteiger partial charge in [0, 0.05) is 27.0 Å². The van der Waals surface area contributed by atoms with E-state index in [0.29, 0.717) is 6.04 Å². The van der Waals surface area contributed by atoms with Gasteiger partial charge in [0.15, 0.2) is 0 Å². The minimum atomic E-state index is 0.299. The summed E-state index contributed by atoms with van der Waals surface area (Å²) in [6, 6.07) is 2.44. The Hall–Kier alpha value is 0.250. The van der Waals surface area contributed by atoms with E-state index in [-0.39, 0.29) is 0 Å². The number of nitrogens with one attached hydrogen (secondary N) is 1. The maximum atomic E-state index is 4.49. The lowest BCUT2D eigenvalue weighted by Gasteiger charge is -2.09. The molecule has 0 spiro atoms. The van der Waals surface area contributed by atoms with E-state index in [9.17, 15) is 0 Å². The van der Waals surface area contributed by atoms with Crippen molar-refractivity contribution in [3.05, 3.63) is 35.3 Å². The first kappa shape index (κ1) is 13.7. The Labute approximate surface area is 126 Å². The highest BCUT2D eigenvalue weighted by atomic mass is 79.9. The van der Waals surface area contributed by atoms with Gasteiger partial charge in [-0.1, -0.05) is 0 Å². The highest BCUT2D eigenvalue weighted by molar-refractivity contribution is 9.13. The van der Waals surface area contributed by atoms with Crippen molar-refractivity contribution >= 4 is 54.5 Å². The molecule has 0 radical (unpaired) electrons. The highest BCUT2D eigenvalue weighted by Crippen LogP contribution is 2.32. The molecule has 0 fully saturated rings. The molecular formula is C11H12Br2N2S2. The van der Waals surface area contributed by atoms with Crippen molar-refractivity contribution in [2.45, 2.75) is 26.4 Å². The molecule has 2 aromatic heterocycles. The van der Waals surface area contributed by atoms with E-state index in [1.165, 1.54) is 4.88 Å². The van der Waals surface area contributed by atoms with Gasteiger partial charge in [0.25, 0.3) is 0 Å². The summed E-state index contributed by atoms with van der Waals surface area (Å²) in [7, 11) is 0. The van der Waals surface area contributed by atoms with Crippen LogP contribution >= 0.6 is 54.5 Å². The van der Waals surface area contributed by atoms with Crippen molar-refractivity contribution in [1.29, 1.82) is 0 Å². The second kappa shape index (κ2) is 5.93. The van der Waals surface area contributed by atoms with Crippen LogP contribution in [-0.4, -0.2) is 4.98 Å². The predicted molar refractivity (Wildman–Crippen MR) is 81.8 cm³/mol. The number of aromatic nitrogens is 1. The number of rotatable bonds is 4. The molecule has 2 nitrogen and oxygen atoms in total. The minimum Gasteiger partial charge on any atom is -0.303 e. The first-order chi connectivity index (χ1) is 8.06. The third-order valence-electron chi connectivity index (χ3n) is 2.29. The van der Waals surface area contributed by atoms with Crippen LogP contribution in [0.1, 0.15) is 28.5 Å². The van der Waals surface area contributed by atoms with Crippen molar-refractivity contribution < 1.29 is 0 Å². The second-order valence-electron chi connectivity index (χ2n) is 3.76. The van der Waals surface area contributed by atoms with Gasteiger partial charge in [0.1, 0.15) is 5.01 Å². The van der Waals surface area contributed by atoms with Crippen LogP contribution in [0, 0.1) is 6.92 Å². The van der Waals surface area contributed by atoms with E-state index >= 15 is 0 Å². The number of aryl methyl sites for hydroxylation is 1. The van der Waals surface area contributed by atoms with Gasteiger partial charge < -0.3 is 5.32 Å². The van der Waals surface area contributed by atoms with Crippen LogP contribution in [0.2, 0.25) is 0 Å². The number of thiazole rings is 1. The molecule has 2 heterocycles. The summed E-state index contributed by atoms with van der Waals surface area (Å²) in [6.45, 7) is 5.05. The summed E-state index contributed by atoms with van der Waals surface area (Å²) in [6.07, 6.45) is 0. The molecule has 2 aromatic rings. The van der Waals surface area contributed by atoms with E-state index in [1.54, 1.807) is 22.7 Å². The quantitative estimate of drug-likeness (QED) is 0.797. The van der Waals surface area contributed by atoms with Crippen LogP contribution in [0.5, 0.6) is 0 Å². The van der Waals surface area contributed by atoms with Crippen molar-refractivity contribution in [3.63, 3.8) is 0 Å². The molecule has 0 bridgehead atoms. The molecular weight excluding hydrogens is 384 g/mol. The van der Waals surface area contributed by atoms with E-state index in [4.69, 9.17) is 0 Å². The molecule has 0 saturated heterocycles. The number of hydrogen-bond donors (Lipinski definition) is 1. The monoisotopic (exact) mass is 394 g/mol. The van der Waals surface area contributed by atoms with Gasteiger partial charge in [0.05, 0.1) is 9.83 Å². The molecule has 92 valence electrons. The third kappa shape index (κ3) is 3.61. The van der Waals surface area contributed by atoms with Crippen LogP contribution in [-0.2, 0) is 6.54 Å².